The molecule has 16 heavy (non-hydrogen) atoms. The fraction of sp³-hybridized carbons (Fsp3) is 0.917. The first-order valence-corrected chi connectivity index (χ1v) is 5.99. The molecule has 0 saturated carbocycles. The van der Waals surface area contributed by atoms with Gasteiger partial charge in [-0.05, 0) is 40.0 Å². The van der Waals surface area contributed by atoms with E-state index in [1.807, 2.05) is 20.8 Å². The van der Waals surface area contributed by atoms with Crippen LogP contribution in [-0.4, -0.2) is 37.4 Å². The largest absolute Gasteiger partial charge is 0.376 e. The van der Waals surface area contributed by atoms with Gasteiger partial charge in [0.1, 0.15) is 6.61 Å². The van der Waals surface area contributed by atoms with Crippen LogP contribution in [0.3, 0.4) is 0 Å². The molecule has 0 aromatic rings. The van der Waals surface area contributed by atoms with Crippen LogP contribution in [0.1, 0.15) is 40.0 Å². The number of nitrogens with one attached hydrogen (secondary N) is 1. The Morgan fingerprint density at radius 2 is 2.19 bits per heavy atom. The van der Waals surface area contributed by atoms with E-state index in [4.69, 9.17) is 9.47 Å². The Labute approximate surface area is 97.7 Å². The summed E-state index contributed by atoms with van der Waals surface area (Å²) in [6.07, 6.45) is 3.56. The van der Waals surface area contributed by atoms with E-state index in [0.29, 0.717) is 6.54 Å². The zero-order valence-electron chi connectivity index (χ0n) is 10.5. The van der Waals surface area contributed by atoms with Gasteiger partial charge in [0.2, 0.25) is 5.91 Å². The molecular formula is C12H23NO3. The number of carbonyl (C=O) groups is 1. The highest BCUT2D eigenvalue weighted by Gasteiger charge is 2.16. The molecule has 1 heterocycles. The average Bonchev–Trinajstić information content (AvgIpc) is 2.24. The molecule has 1 aliphatic rings. The Hall–Kier alpha value is -0.610. The molecule has 0 radical (unpaired) electrons. The van der Waals surface area contributed by atoms with Crippen LogP contribution in [0.4, 0.5) is 0 Å². The second-order valence-electron chi connectivity index (χ2n) is 5.19. The second kappa shape index (κ2) is 6.21. The minimum atomic E-state index is -0.265. The molecule has 94 valence electrons. The highest BCUT2D eigenvalue weighted by Crippen LogP contribution is 2.11. The molecule has 1 aliphatic heterocycles. The standard InChI is InChI=1S/C12H23NO3/c1-12(2,3)16-9-11(14)13-8-10-6-4-5-7-15-10/h10H,4-9H2,1-3H3,(H,13,14). The van der Waals surface area contributed by atoms with Gasteiger partial charge in [0.05, 0.1) is 11.7 Å². The van der Waals surface area contributed by atoms with Crippen LogP contribution in [0.25, 0.3) is 0 Å². The molecule has 0 spiro atoms. The highest BCUT2D eigenvalue weighted by molar-refractivity contribution is 5.77. The van der Waals surface area contributed by atoms with E-state index >= 15 is 0 Å². The van der Waals surface area contributed by atoms with E-state index in [-0.39, 0.29) is 24.2 Å². The van der Waals surface area contributed by atoms with Crippen LogP contribution in [0.5, 0.6) is 0 Å². The van der Waals surface area contributed by atoms with Crippen LogP contribution in [0.15, 0.2) is 0 Å². The van der Waals surface area contributed by atoms with Gasteiger partial charge in [0.15, 0.2) is 0 Å². The van der Waals surface area contributed by atoms with Gasteiger partial charge >= 0.3 is 0 Å². The number of hydrogen-bond donors (Lipinski definition) is 1. The van der Waals surface area contributed by atoms with Crippen molar-refractivity contribution in [2.75, 3.05) is 19.8 Å². The van der Waals surface area contributed by atoms with Gasteiger partial charge in [0, 0.05) is 13.2 Å². The van der Waals surface area contributed by atoms with Crippen molar-refractivity contribution in [1.82, 2.24) is 5.32 Å². The lowest BCUT2D eigenvalue weighted by Gasteiger charge is -2.23. The molecule has 4 nitrogen and oxygen atoms in total. The number of carbonyl (C=O) groups excluding carboxylic acids is 1. The quantitative estimate of drug-likeness (QED) is 0.794. The molecule has 1 fully saturated rings. The smallest absolute Gasteiger partial charge is 0.246 e. The lowest BCUT2D eigenvalue weighted by Crippen LogP contribution is -2.38. The summed E-state index contributed by atoms with van der Waals surface area (Å²) in [6.45, 7) is 7.35. The van der Waals surface area contributed by atoms with Crippen molar-refractivity contribution in [1.29, 1.82) is 0 Å². The molecule has 0 aromatic heterocycles. The molecule has 4 heteroatoms. The summed E-state index contributed by atoms with van der Waals surface area (Å²) in [7, 11) is 0. The topological polar surface area (TPSA) is 47.6 Å². The maximum Gasteiger partial charge on any atom is 0.246 e. The van der Waals surface area contributed by atoms with Gasteiger partial charge in [0.25, 0.3) is 0 Å². The molecule has 1 rings (SSSR count). The van der Waals surface area contributed by atoms with Gasteiger partial charge in [-0.1, -0.05) is 0 Å². The molecule has 1 unspecified atom stereocenters. The summed E-state index contributed by atoms with van der Waals surface area (Å²) >= 11 is 0. The van der Waals surface area contributed by atoms with E-state index < -0.39 is 0 Å². The van der Waals surface area contributed by atoms with Crippen molar-refractivity contribution in [2.24, 2.45) is 0 Å². The summed E-state index contributed by atoms with van der Waals surface area (Å²) < 4.78 is 10.9. The Balaban J connectivity index is 2.09. The summed E-state index contributed by atoms with van der Waals surface area (Å²) in [6, 6.07) is 0. The van der Waals surface area contributed by atoms with Gasteiger partial charge in [-0.15, -0.1) is 0 Å². The summed E-state index contributed by atoms with van der Waals surface area (Å²) in [4.78, 5) is 11.4. The SMILES string of the molecule is CC(C)(C)OCC(=O)NCC1CCCCO1. The molecular weight excluding hydrogens is 206 g/mol. The molecule has 0 aliphatic carbocycles. The third-order valence-electron chi connectivity index (χ3n) is 2.44. The maximum atomic E-state index is 11.4. The van der Waals surface area contributed by atoms with Crippen LogP contribution >= 0.6 is 0 Å². The van der Waals surface area contributed by atoms with Crippen molar-refractivity contribution in [2.45, 2.75) is 51.7 Å². The molecule has 1 N–H and O–H groups in total. The normalized spacial score (nSPS) is 21.8. The third-order valence-corrected chi connectivity index (χ3v) is 2.44. The highest BCUT2D eigenvalue weighted by atomic mass is 16.5. The first-order valence-electron chi connectivity index (χ1n) is 5.99. The number of hydrogen-bond acceptors (Lipinski definition) is 3. The van der Waals surface area contributed by atoms with Crippen molar-refractivity contribution in [3.63, 3.8) is 0 Å². The second-order valence-corrected chi connectivity index (χ2v) is 5.19. The minimum Gasteiger partial charge on any atom is -0.376 e. The average molecular weight is 229 g/mol. The van der Waals surface area contributed by atoms with E-state index in [0.717, 1.165) is 19.4 Å². The van der Waals surface area contributed by atoms with Crippen molar-refractivity contribution in [3.8, 4) is 0 Å². The van der Waals surface area contributed by atoms with E-state index in [2.05, 4.69) is 5.32 Å². The molecule has 1 atom stereocenters. The van der Waals surface area contributed by atoms with E-state index in [9.17, 15) is 4.79 Å². The zero-order valence-corrected chi connectivity index (χ0v) is 10.5. The Kier molecular flexibility index (Phi) is 5.22. The summed E-state index contributed by atoms with van der Waals surface area (Å²) in [5, 5.41) is 2.84. The fourth-order valence-electron chi connectivity index (χ4n) is 1.53. The predicted molar refractivity (Wildman–Crippen MR) is 62.3 cm³/mol. The van der Waals surface area contributed by atoms with Crippen molar-refractivity contribution < 1.29 is 14.3 Å². The summed E-state index contributed by atoms with van der Waals surface area (Å²) in [5.41, 5.74) is -0.265. The molecule has 0 aromatic carbocycles. The van der Waals surface area contributed by atoms with E-state index in [1.54, 1.807) is 0 Å². The third kappa shape index (κ3) is 6.08. The van der Waals surface area contributed by atoms with Crippen LogP contribution in [0, 0.1) is 0 Å². The number of amides is 1. The number of ether oxygens (including phenoxy) is 2. The van der Waals surface area contributed by atoms with Crippen LogP contribution in [-0.2, 0) is 14.3 Å². The number of rotatable bonds is 4. The molecule has 1 amide bonds. The van der Waals surface area contributed by atoms with Crippen LogP contribution < -0.4 is 5.32 Å². The Bertz CT molecular complexity index is 217. The fourth-order valence-corrected chi connectivity index (χ4v) is 1.53. The van der Waals surface area contributed by atoms with Gasteiger partial charge in [-0.25, -0.2) is 0 Å². The lowest BCUT2D eigenvalue weighted by atomic mass is 10.1. The summed E-state index contributed by atoms with van der Waals surface area (Å²) in [5.74, 6) is -0.0656. The molecule has 1 saturated heterocycles. The zero-order chi connectivity index (χ0) is 12.0. The maximum absolute atomic E-state index is 11.4. The predicted octanol–water partition coefficient (Wildman–Crippen LogP) is 1.49. The van der Waals surface area contributed by atoms with Crippen molar-refractivity contribution >= 4 is 5.91 Å². The van der Waals surface area contributed by atoms with Crippen LogP contribution in [0.2, 0.25) is 0 Å². The van der Waals surface area contributed by atoms with Gasteiger partial charge in [-0.2, -0.15) is 0 Å². The monoisotopic (exact) mass is 229 g/mol. The minimum absolute atomic E-state index is 0.0656. The van der Waals surface area contributed by atoms with Gasteiger partial charge in [-0.3, -0.25) is 4.79 Å². The first kappa shape index (κ1) is 13.5. The van der Waals surface area contributed by atoms with Gasteiger partial charge < -0.3 is 14.8 Å². The Morgan fingerprint density at radius 3 is 2.75 bits per heavy atom. The first-order chi connectivity index (χ1) is 7.47. The van der Waals surface area contributed by atoms with E-state index in [1.165, 1.54) is 6.42 Å². The Morgan fingerprint density at radius 1 is 1.44 bits per heavy atom. The molecule has 0 bridgehead atoms. The lowest BCUT2D eigenvalue weighted by molar-refractivity contribution is -0.131. The van der Waals surface area contributed by atoms with Crippen molar-refractivity contribution in [3.05, 3.63) is 0 Å².